The minimum absolute atomic E-state index is 0.152. The Morgan fingerprint density at radius 3 is 2.28 bits per heavy atom. The van der Waals surface area contributed by atoms with Crippen LogP contribution in [0.15, 0.2) is 24.3 Å². The van der Waals surface area contributed by atoms with Gasteiger partial charge in [0.05, 0.1) is 0 Å². The third-order valence-electron chi connectivity index (χ3n) is 5.80. The fourth-order valence-corrected chi connectivity index (χ4v) is 4.14. The number of urea groups is 1. The van der Waals surface area contributed by atoms with E-state index in [4.69, 9.17) is 0 Å². The Kier molecular flexibility index (Phi) is 4.37. The number of carbonyl (C=O) groups excluding carboxylic acids is 2. The minimum atomic E-state index is 0.152. The van der Waals surface area contributed by atoms with Gasteiger partial charge in [0.15, 0.2) is 0 Å². The van der Waals surface area contributed by atoms with Crippen LogP contribution in [0, 0.1) is 0 Å². The lowest BCUT2D eigenvalue weighted by Gasteiger charge is -2.40. The Bertz CT molecular complexity index is 661. The molecule has 1 aromatic carbocycles. The van der Waals surface area contributed by atoms with E-state index in [2.05, 4.69) is 11.9 Å². The van der Waals surface area contributed by atoms with Crippen LogP contribution >= 0.6 is 0 Å². The molecule has 0 radical (unpaired) electrons. The SMILES string of the molecule is CN1CCN(C(=O)N2CCC(N3Cc4ccccc4C3=O)CC2)CC1. The summed E-state index contributed by atoms with van der Waals surface area (Å²) in [7, 11) is 2.10. The van der Waals surface area contributed by atoms with Crippen molar-refractivity contribution in [2.24, 2.45) is 0 Å². The summed E-state index contributed by atoms with van der Waals surface area (Å²) in [6, 6.07) is 8.30. The lowest BCUT2D eigenvalue weighted by atomic mass is 10.0. The van der Waals surface area contributed by atoms with Gasteiger partial charge in [0.25, 0.3) is 5.91 Å². The first-order valence-electron chi connectivity index (χ1n) is 9.25. The second-order valence-electron chi connectivity index (χ2n) is 7.38. The summed E-state index contributed by atoms with van der Waals surface area (Å²) in [5.74, 6) is 0.152. The maximum atomic E-state index is 12.7. The van der Waals surface area contributed by atoms with Crippen LogP contribution in [0.3, 0.4) is 0 Å². The molecular weight excluding hydrogens is 316 g/mol. The van der Waals surface area contributed by atoms with Gasteiger partial charge in [-0.1, -0.05) is 18.2 Å². The van der Waals surface area contributed by atoms with Crippen molar-refractivity contribution in [1.29, 1.82) is 0 Å². The number of piperazine rings is 1. The third kappa shape index (κ3) is 3.11. The molecule has 2 fully saturated rings. The van der Waals surface area contributed by atoms with E-state index in [1.165, 1.54) is 0 Å². The predicted molar refractivity (Wildman–Crippen MR) is 95.4 cm³/mol. The van der Waals surface area contributed by atoms with E-state index in [0.717, 1.165) is 63.2 Å². The summed E-state index contributed by atoms with van der Waals surface area (Å²) in [6.45, 7) is 5.73. The molecule has 0 aliphatic carbocycles. The van der Waals surface area contributed by atoms with Crippen LogP contribution in [-0.4, -0.2) is 83.9 Å². The van der Waals surface area contributed by atoms with E-state index in [-0.39, 0.29) is 18.0 Å². The van der Waals surface area contributed by atoms with Crippen molar-refractivity contribution in [3.05, 3.63) is 35.4 Å². The monoisotopic (exact) mass is 342 g/mol. The molecule has 1 aromatic rings. The minimum Gasteiger partial charge on any atom is -0.331 e. The average molecular weight is 342 g/mol. The molecule has 134 valence electrons. The second kappa shape index (κ2) is 6.67. The average Bonchev–Trinajstić information content (AvgIpc) is 2.99. The van der Waals surface area contributed by atoms with Crippen molar-refractivity contribution < 1.29 is 9.59 Å². The number of hydrogen-bond acceptors (Lipinski definition) is 3. The molecule has 6 nitrogen and oxygen atoms in total. The van der Waals surface area contributed by atoms with E-state index in [1.807, 2.05) is 39.0 Å². The molecule has 4 rings (SSSR count). The van der Waals surface area contributed by atoms with E-state index >= 15 is 0 Å². The second-order valence-corrected chi connectivity index (χ2v) is 7.38. The first-order chi connectivity index (χ1) is 12.1. The first-order valence-corrected chi connectivity index (χ1v) is 9.25. The van der Waals surface area contributed by atoms with Gasteiger partial charge < -0.3 is 19.6 Å². The van der Waals surface area contributed by atoms with Crippen LogP contribution in [0.5, 0.6) is 0 Å². The number of benzene rings is 1. The van der Waals surface area contributed by atoms with E-state index in [9.17, 15) is 9.59 Å². The number of likely N-dealkylation sites (N-methyl/N-ethyl adjacent to an activating group) is 1. The van der Waals surface area contributed by atoms with Crippen LogP contribution < -0.4 is 0 Å². The molecule has 3 amide bonds. The summed E-state index contributed by atoms with van der Waals surface area (Å²) in [4.78, 5) is 33.5. The van der Waals surface area contributed by atoms with Crippen molar-refractivity contribution in [2.45, 2.75) is 25.4 Å². The van der Waals surface area contributed by atoms with Crippen LogP contribution in [0.4, 0.5) is 4.79 Å². The molecule has 2 saturated heterocycles. The van der Waals surface area contributed by atoms with Crippen LogP contribution in [0.25, 0.3) is 0 Å². The highest BCUT2D eigenvalue weighted by Crippen LogP contribution is 2.28. The maximum Gasteiger partial charge on any atom is 0.320 e. The third-order valence-corrected chi connectivity index (χ3v) is 5.80. The smallest absolute Gasteiger partial charge is 0.320 e. The molecule has 0 unspecified atom stereocenters. The zero-order valence-corrected chi connectivity index (χ0v) is 14.9. The molecule has 0 spiro atoms. The molecule has 0 bridgehead atoms. The largest absolute Gasteiger partial charge is 0.331 e. The Morgan fingerprint density at radius 1 is 0.960 bits per heavy atom. The summed E-state index contributed by atoms with van der Waals surface area (Å²) in [6.07, 6.45) is 1.75. The van der Waals surface area contributed by atoms with Gasteiger partial charge in [-0.05, 0) is 31.5 Å². The highest BCUT2D eigenvalue weighted by atomic mass is 16.2. The topological polar surface area (TPSA) is 47.1 Å². The van der Waals surface area contributed by atoms with Crippen molar-refractivity contribution in [1.82, 2.24) is 19.6 Å². The number of amides is 3. The van der Waals surface area contributed by atoms with Gasteiger partial charge >= 0.3 is 6.03 Å². The quantitative estimate of drug-likeness (QED) is 0.777. The van der Waals surface area contributed by atoms with Crippen LogP contribution in [-0.2, 0) is 6.54 Å². The Balaban J connectivity index is 1.33. The van der Waals surface area contributed by atoms with E-state index in [0.29, 0.717) is 6.54 Å². The fourth-order valence-electron chi connectivity index (χ4n) is 4.14. The zero-order chi connectivity index (χ0) is 17.4. The molecule has 6 heteroatoms. The Morgan fingerprint density at radius 2 is 1.60 bits per heavy atom. The number of rotatable bonds is 1. The van der Waals surface area contributed by atoms with Gasteiger partial charge in [-0.2, -0.15) is 0 Å². The van der Waals surface area contributed by atoms with Crippen molar-refractivity contribution in [3.8, 4) is 0 Å². The van der Waals surface area contributed by atoms with Crippen molar-refractivity contribution >= 4 is 11.9 Å². The number of likely N-dealkylation sites (tertiary alicyclic amines) is 1. The number of hydrogen-bond donors (Lipinski definition) is 0. The number of nitrogens with zero attached hydrogens (tertiary/aromatic N) is 4. The van der Waals surface area contributed by atoms with Gasteiger partial charge in [-0.3, -0.25) is 4.79 Å². The highest BCUT2D eigenvalue weighted by molar-refractivity contribution is 5.98. The maximum absolute atomic E-state index is 12.7. The summed E-state index contributed by atoms with van der Waals surface area (Å²) in [5, 5.41) is 0. The zero-order valence-electron chi connectivity index (χ0n) is 14.9. The molecule has 3 heterocycles. The molecule has 0 aromatic heterocycles. The molecule has 0 saturated carbocycles. The number of fused-ring (bicyclic) bond motifs is 1. The number of piperidine rings is 1. The summed E-state index contributed by atoms with van der Waals surface area (Å²) < 4.78 is 0. The van der Waals surface area contributed by atoms with Gasteiger partial charge in [0, 0.05) is 57.4 Å². The molecule has 0 atom stereocenters. The van der Waals surface area contributed by atoms with Gasteiger partial charge in [-0.25, -0.2) is 4.79 Å². The molecule has 25 heavy (non-hydrogen) atoms. The molecule has 3 aliphatic heterocycles. The van der Waals surface area contributed by atoms with Crippen LogP contribution in [0.1, 0.15) is 28.8 Å². The first kappa shape index (κ1) is 16.4. The van der Waals surface area contributed by atoms with Crippen molar-refractivity contribution in [2.75, 3.05) is 46.3 Å². The molecule has 0 N–H and O–H groups in total. The highest BCUT2D eigenvalue weighted by Gasteiger charge is 2.35. The lowest BCUT2D eigenvalue weighted by molar-refractivity contribution is 0.0592. The summed E-state index contributed by atoms with van der Waals surface area (Å²) in [5.41, 5.74) is 1.97. The Labute approximate surface area is 149 Å². The Hall–Kier alpha value is -2.08. The van der Waals surface area contributed by atoms with Crippen LogP contribution in [0.2, 0.25) is 0 Å². The molecular formula is C19H26N4O2. The fraction of sp³-hybridized carbons (Fsp3) is 0.579. The summed E-state index contributed by atoms with van der Waals surface area (Å²) >= 11 is 0. The predicted octanol–water partition coefficient (Wildman–Crippen LogP) is 1.47. The van der Waals surface area contributed by atoms with E-state index in [1.54, 1.807) is 0 Å². The van der Waals surface area contributed by atoms with Gasteiger partial charge in [-0.15, -0.1) is 0 Å². The molecule has 3 aliphatic rings. The van der Waals surface area contributed by atoms with Gasteiger partial charge in [0.1, 0.15) is 0 Å². The van der Waals surface area contributed by atoms with Crippen molar-refractivity contribution in [3.63, 3.8) is 0 Å². The normalized spacial score (nSPS) is 22.4. The standard InChI is InChI=1S/C19H26N4O2/c1-20-10-12-22(13-11-20)19(25)21-8-6-16(7-9-21)23-14-15-4-2-3-5-17(15)18(23)24/h2-5,16H,6-14H2,1H3. The van der Waals surface area contributed by atoms with E-state index < -0.39 is 0 Å². The number of carbonyl (C=O) groups is 2. The lowest BCUT2D eigenvalue weighted by Crippen LogP contribution is -2.54. The van der Waals surface area contributed by atoms with Gasteiger partial charge in [0.2, 0.25) is 0 Å².